The number of phenolic OH excluding ortho intramolecular Hbond substituents is 8. The number of ketones is 1. The van der Waals surface area contributed by atoms with Crippen LogP contribution in [-0.4, -0.2) is 70.5 Å². The van der Waals surface area contributed by atoms with E-state index in [2.05, 4.69) is 31.9 Å². The van der Waals surface area contributed by atoms with E-state index in [0.29, 0.717) is 77.3 Å². The molecule has 0 atom stereocenters. The predicted molar refractivity (Wildman–Crippen MR) is 414 cm³/mol. The van der Waals surface area contributed by atoms with Crippen molar-refractivity contribution >= 4 is 130 Å². The van der Waals surface area contributed by atoms with Crippen molar-refractivity contribution in [1.82, 2.24) is 4.90 Å². The van der Waals surface area contributed by atoms with E-state index in [1.807, 2.05) is 244 Å². The van der Waals surface area contributed by atoms with Crippen molar-refractivity contribution in [3.05, 3.63) is 287 Å². The summed E-state index contributed by atoms with van der Waals surface area (Å²) in [7, 11) is 0. The minimum atomic E-state index is -0.286. The van der Waals surface area contributed by atoms with Gasteiger partial charge in [0.15, 0.2) is 5.78 Å². The highest BCUT2D eigenvalue weighted by Gasteiger charge is 2.28. The van der Waals surface area contributed by atoms with E-state index in [1.54, 1.807) is 41.3 Å². The highest BCUT2D eigenvalue weighted by atomic mass is 79.9. The van der Waals surface area contributed by atoms with E-state index in [9.17, 15) is 50.4 Å². The van der Waals surface area contributed by atoms with Crippen molar-refractivity contribution in [2.45, 2.75) is 20.8 Å². The van der Waals surface area contributed by atoms with Crippen LogP contribution in [0.3, 0.4) is 0 Å². The number of halogens is 2. The molecule has 0 saturated heterocycles. The van der Waals surface area contributed by atoms with Crippen LogP contribution in [0.15, 0.2) is 276 Å². The first kappa shape index (κ1) is 66.7. The molecule has 16 rings (SSSR count). The SMILES string of the molecule is CCN(CC)C(=O)c1cc2ccccc2c(-c2c(O)c(C(C)=O)cc3ccccc23)c1O.Oc1c(Br)cc2ccccc2c1-c1c(O)c(Br)cc2ccccc12.Oc1ccc2ccccc2c1-c1c(O)ccc2ccccc12.Oc1ccc2ccccc2c1-c1c(O)ccc2ccccc12. The first-order valence-electron chi connectivity index (χ1n) is 32.4. The number of phenols is 8. The van der Waals surface area contributed by atoms with Crippen LogP contribution in [0.25, 0.3) is 131 Å². The summed E-state index contributed by atoms with van der Waals surface area (Å²) >= 11 is 6.86. The molecular weight excluding hydrogens is 1380 g/mol. The van der Waals surface area contributed by atoms with E-state index in [0.717, 1.165) is 75.4 Å². The number of rotatable bonds is 8. The second kappa shape index (κ2) is 28.3. The van der Waals surface area contributed by atoms with Gasteiger partial charge in [0.05, 0.1) is 20.1 Å². The molecule has 16 aromatic carbocycles. The Labute approximate surface area is 592 Å². The van der Waals surface area contributed by atoms with Gasteiger partial charge in [-0.15, -0.1) is 0 Å². The van der Waals surface area contributed by atoms with Gasteiger partial charge in [-0.05, 0) is 187 Å². The minimum Gasteiger partial charge on any atom is -0.507 e. The van der Waals surface area contributed by atoms with E-state index >= 15 is 0 Å². The Balaban J connectivity index is 0.000000121. The number of hydrogen-bond acceptors (Lipinski definition) is 10. The Hall–Kier alpha value is -11.9. The van der Waals surface area contributed by atoms with Crippen LogP contribution < -0.4 is 0 Å². The van der Waals surface area contributed by atoms with Crippen LogP contribution in [0.5, 0.6) is 46.0 Å². The van der Waals surface area contributed by atoms with Gasteiger partial charge < -0.3 is 45.8 Å². The molecule has 0 fully saturated rings. The molecular formula is C87H65Br2NO10. The molecule has 0 radical (unpaired) electrons. The lowest BCUT2D eigenvalue weighted by Crippen LogP contribution is -2.30. The number of carbonyl (C=O) groups is 2. The maximum atomic E-state index is 13.2. The first-order valence-corrected chi connectivity index (χ1v) is 34.0. The Kier molecular flexibility index (Phi) is 18.9. The van der Waals surface area contributed by atoms with E-state index in [4.69, 9.17) is 0 Å². The number of hydrogen-bond donors (Lipinski definition) is 8. The van der Waals surface area contributed by atoms with Crippen molar-refractivity contribution < 1.29 is 50.4 Å². The van der Waals surface area contributed by atoms with Gasteiger partial charge >= 0.3 is 0 Å². The average molecular weight is 1440 g/mol. The lowest BCUT2D eigenvalue weighted by molar-refractivity contribution is 0.0769. The van der Waals surface area contributed by atoms with Crippen molar-refractivity contribution in [2.75, 3.05) is 13.1 Å². The third-order valence-corrected chi connectivity index (χ3v) is 19.5. The van der Waals surface area contributed by atoms with Crippen LogP contribution in [0.2, 0.25) is 0 Å². The number of Topliss-reactive ketones (excluding diaryl/α,β-unsaturated/α-hetero) is 1. The number of benzene rings is 16. The fourth-order valence-electron chi connectivity index (χ4n) is 13.5. The molecule has 0 aliphatic carbocycles. The number of carbonyl (C=O) groups excluding carboxylic acids is 2. The van der Waals surface area contributed by atoms with Crippen LogP contribution >= 0.6 is 31.9 Å². The molecule has 11 nitrogen and oxygen atoms in total. The molecule has 492 valence electrons. The molecule has 0 aromatic heterocycles. The molecule has 100 heavy (non-hydrogen) atoms. The maximum Gasteiger partial charge on any atom is 0.257 e. The van der Waals surface area contributed by atoms with Crippen LogP contribution in [-0.2, 0) is 0 Å². The molecule has 0 aliphatic rings. The summed E-state index contributed by atoms with van der Waals surface area (Å²) in [5, 5.41) is 100. The standard InChI is InChI=1S/C27H25NO4.C20H12Br2O2.2C20H14O2/c1-4-28(5-2)27(32)22-15-18-11-7-9-13-20(18)24(26(22)31)23-19-12-8-6-10-17(19)14-21(16(3)29)25(23)30;21-15-9-11-5-1-3-7-13(11)17(19(15)23)18-14-8-4-2-6-12(14)10-16(22)20(18)24;2*21-17-11-9-13-5-1-3-7-15(13)19(17)20-16-8-4-2-6-14(16)10-12-18(20)22/h6-15,30-31H,4-5H2,1-3H3;1-10,23-24H;2*1-12,21-22H. The largest absolute Gasteiger partial charge is 0.507 e. The van der Waals surface area contributed by atoms with E-state index < -0.39 is 0 Å². The van der Waals surface area contributed by atoms with Gasteiger partial charge in [0, 0.05) is 57.6 Å². The average Bonchev–Trinajstić information content (AvgIpc) is 0.762. The first-order chi connectivity index (χ1) is 48.5. The fraction of sp³-hybridized carbons (Fsp3) is 0.0575. The zero-order valence-electron chi connectivity index (χ0n) is 54.4. The van der Waals surface area contributed by atoms with Gasteiger partial charge in [0.1, 0.15) is 46.0 Å². The zero-order valence-corrected chi connectivity index (χ0v) is 57.6. The Morgan fingerprint density at radius 3 is 0.770 bits per heavy atom. The summed E-state index contributed by atoms with van der Waals surface area (Å²) in [6.07, 6.45) is 0. The number of nitrogens with zero attached hydrogens (tertiary/aromatic N) is 1. The van der Waals surface area contributed by atoms with E-state index in [-0.39, 0.29) is 68.8 Å². The molecule has 0 aliphatic heterocycles. The summed E-state index contributed by atoms with van der Waals surface area (Å²) in [4.78, 5) is 27.2. The van der Waals surface area contributed by atoms with Crippen molar-refractivity contribution in [3.63, 3.8) is 0 Å². The summed E-state index contributed by atoms with van der Waals surface area (Å²) < 4.78 is 1.19. The Bertz CT molecular complexity index is 5510. The van der Waals surface area contributed by atoms with Gasteiger partial charge in [-0.2, -0.15) is 0 Å². The lowest BCUT2D eigenvalue weighted by atomic mass is 9.88. The summed E-state index contributed by atoms with van der Waals surface area (Å²) in [6.45, 7) is 6.17. The molecule has 0 unspecified atom stereocenters. The van der Waals surface area contributed by atoms with Crippen LogP contribution in [0.1, 0.15) is 41.5 Å². The van der Waals surface area contributed by atoms with Crippen LogP contribution in [0, 0.1) is 0 Å². The van der Waals surface area contributed by atoms with E-state index in [1.165, 1.54) is 6.92 Å². The number of fused-ring (bicyclic) bond motifs is 8. The molecule has 8 N–H and O–H groups in total. The van der Waals surface area contributed by atoms with Crippen LogP contribution in [0.4, 0.5) is 0 Å². The maximum absolute atomic E-state index is 13.2. The molecule has 0 spiro atoms. The summed E-state index contributed by atoms with van der Waals surface area (Å²) in [6, 6.07) is 83.2. The second-order valence-electron chi connectivity index (χ2n) is 24.1. The molecule has 0 saturated carbocycles. The normalized spacial score (nSPS) is 11.1. The van der Waals surface area contributed by atoms with Gasteiger partial charge in [0.2, 0.25) is 0 Å². The zero-order chi connectivity index (χ0) is 70.0. The summed E-state index contributed by atoms with van der Waals surface area (Å²) in [5.41, 5.74) is 4.96. The third kappa shape index (κ3) is 12.4. The molecule has 1 amide bonds. The summed E-state index contributed by atoms with van der Waals surface area (Å²) in [5.74, 6) is -0.0588. The second-order valence-corrected chi connectivity index (χ2v) is 25.8. The van der Waals surface area contributed by atoms with Gasteiger partial charge in [-0.3, -0.25) is 9.59 Å². The van der Waals surface area contributed by atoms with Gasteiger partial charge in [-0.1, -0.05) is 218 Å². The topological polar surface area (TPSA) is 199 Å². The lowest BCUT2D eigenvalue weighted by Gasteiger charge is -2.22. The van der Waals surface area contributed by atoms with Gasteiger partial charge in [0.25, 0.3) is 5.91 Å². The predicted octanol–water partition coefficient (Wildman–Crippen LogP) is 22.5. The smallest absolute Gasteiger partial charge is 0.257 e. The third-order valence-electron chi connectivity index (χ3n) is 18.3. The molecule has 0 bridgehead atoms. The Morgan fingerprint density at radius 2 is 0.500 bits per heavy atom. The highest BCUT2D eigenvalue weighted by Crippen LogP contribution is 2.52. The monoisotopic (exact) mass is 1440 g/mol. The molecule has 16 aromatic rings. The quantitative estimate of drug-likeness (QED) is 0.0677. The molecule has 13 heteroatoms. The minimum absolute atomic E-state index is 0.118. The number of amides is 1. The van der Waals surface area contributed by atoms with Crippen molar-refractivity contribution in [1.29, 1.82) is 0 Å². The fourth-order valence-corrected chi connectivity index (χ4v) is 14.4. The van der Waals surface area contributed by atoms with Crippen molar-refractivity contribution in [3.8, 4) is 90.5 Å². The molecule has 0 heterocycles. The van der Waals surface area contributed by atoms with Crippen molar-refractivity contribution in [2.24, 2.45) is 0 Å². The Morgan fingerprint density at radius 1 is 0.280 bits per heavy atom. The number of aromatic hydroxyl groups is 8. The van der Waals surface area contributed by atoms with Gasteiger partial charge in [-0.25, -0.2) is 0 Å². The highest BCUT2D eigenvalue weighted by molar-refractivity contribution is 9.11.